The molecule has 0 N–H and O–H groups in total. The van der Waals surface area contributed by atoms with Crippen LogP contribution in [0.1, 0.15) is 34.6 Å². The van der Waals surface area contributed by atoms with E-state index in [0.717, 1.165) is 45.3 Å². The molecule has 0 aromatic rings. The summed E-state index contributed by atoms with van der Waals surface area (Å²) in [6.07, 6.45) is 1.37. The number of morpholine rings is 1. The Morgan fingerprint density at radius 3 is 2.24 bits per heavy atom. The molecule has 1 amide bonds. The summed E-state index contributed by atoms with van der Waals surface area (Å²) in [5.41, 5.74) is 0.0881. The Bertz CT molecular complexity index is 305. The predicted octanol–water partition coefficient (Wildman–Crippen LogP) is 2.65. The summed E-state index contributed by atoms with van der Waals surface area (Å²) in [4.78, 5) is 15.6. The van der Waals surface area contributed by atoms with Crippen molar-refractivity contribution in [1.82, 2.24) is 9.80 Å². The van der Waals surface area contributed by atoms with Crippen molar-refractivity contribution in [1.29, 1.82) is 0 Å². The Morgan fingerprint density at radius 1 is 1.33 bits per heavy atom. The zero-order chi connectivity index (χ0) is 16.5. The van der Waals surface area contributed by atoms with Crippen LogP contribution in [0.15, 0.2) is 12.7 Å². The van der Waals surface area contributed by atoms with E-state index in [4.69, 9.17) is 4.74 Å². The van der Waals surface area contributed by atoms with Gasteiger partial charge in [0.15, 0.2) is 0 Å². The lowest BCUT2D eigenvalue weighted by Gasteiger charge is -2.36. The normalized spacial score (nSPS) is 16.1. The van der Waals surface area contributed by atoms with Crippen molar-refractivity contribution >= 4 is 5.91 Å². The fourth-order valence-corrected chi connectivity index (χ4v) is 2.29. The zero-order valence-electron chi connectivity index (χ0n) is 14.8. The van der Waals surface area contributed by atoms with Crippen LogP contribution in [-0.2, 0) is 9.53 Å². The molecular formula is C17H34N2O2. The molecule has 1 aliphatic rings. The van der Waals surface area contributed by atoms with E-state index in [9.17, 15) is 4.79 Å². The summed E-state index contributed by atoms with van der Waals surface area (Å²) in [7, 11) is 1.82. The van der Waals surface area contributed by atoms with Crippen molar-refractivity contribution in [3.8, 4) is 0 Å². The Labute approximate surface area is 131 Å². The van der Waals surface area contributed by atoms with Gasteiger partial charge in [-0.25, -0.2) is 0 Å². The lowest BCUT2D eigenvalue weighted by atomic mass is 9.92. The van der Waals surface area contributed by atoms with Gasteiger partial charge in [-0.3, -0.25) is 9.69 Å². The molecule has 4 heteroatoms. The first-order chi connectivity index (χ1) is 9.68. The molecule has 1 rings (SSSR count). The molecule has 0 aromatic heterocycles. The largest absolute Gasteiger partial charge is 0.379 e. The van der Waals surface area contributed by atoms with Crippen LogP contribution in [0.4, 0.5) is 0 Å². The highest BCUT2D eigenvalue weighted by molar-refractivity contribution is 5.86. The van der Waals surface area contributed by atoms with Crippen molar-refractivity contribution < 1.29 is 9.53 Å². The van der Waals surface area contributed by atoms with Gasteiger partial charge in [-0.2, -0.15) is 0 Å². The molecule has 0 aliphatic carbocycles. The topological polar surface area (TPSA) is 32.8 Å². The predicted molar refractivity (Wildman–Crippen MR) is 89.4 cm³/mol. The van der Waals surface area contributed by atoms with Crippen molar-refractivity contribution in [2.45, 2.75) is 34.6 Å². The van der Waals surface area contributed by atoms with Gasteiger partial charge in [-0.1, -0.05) is 41.2 Å². The SMILES string of the molecule is C=CC(=O)N(C)CC(C)(C)CN1CCOCC1.CC(C)C. The van der Waals surface area contributed by atoms with Crippen LogP contribution in [0.5, 0.6) is 0 Å². The van der Waals surface area contributed by atoms with Crippen molar-refractivity contribution in [3.63, 3.8) is 0 Å². The number of nitrogens with zero attached hydrogens (tertiary/aromatic N) is 2. The Hall–Kier alpha value is -0.870. The van der Waals surface area contributed by atoms with Gasteiger partial charge in [-0.05, 0) is 17.4 Å². The van der Waals surface area contributed by atoms with Gasteiger partial charge < -0.3 is 9.64 Å². The molecule has 0 unspecified atom stereocenters. The van der Waals surface area contributed by atoms with Crippen LogP contribution < -0.4 is 0 Å². The highest BCUT2D eigenvalue weighted by atomic mass is 16.5. The van der Waals surface area contributed by atoms with Gasteiger partial charge >= 0.3 is 0 Å². The Kier molecular flexibility index (Phi) is 9.54. The molecule has 21 heavy (non-hydrogen) atoms. The van der Waals surface area contributed by atoms with E-state index in [2.05, 4.69) is 46.1 Å². The maximum Gasteiger partial charge on any atom is 0.245 e. The minimum atomic E-state index is -0.0138. The molecule has 0 radical (unpaired) electrons. The summed E-state index contributed by atoms with van der Waals surface area (Å²) < 4.78 is 5.33. The van der Waals surface area contributed by atoms with Crippen LogP contribution in [-0.4, -0.2) is 62.1 Å². The van der Waals surface area contributed by atoms with E-state index in [-0.39, 0.29) is 11.3 Å². The molecule has 0 atom stereocenters. The number of amides is 1. The fourth-order valence-electron chi connectivity index (χ4n) is 2.29. The van der Waals surface area contributed by atoms with E-state index >= 15 is 0 Å². The van der Waals surface area contributed by atoms with Gasteiger partial charge in [0.1, 0.15) is 0 Å². The van der Waals surface area contributed by atoms with Crippen LogP contribution in [0.3, 0.4) is 0 Å². The van der Waals surface area contributed by atoms with E-state index in [1.165, 1.54) is 6.08 Å². The van der Waals surface area contributed by atoms with Crippen LogP contribution >= 0.6 is 0 Å². The average Bonchev–Trinajstić information content (AvgIpc) is 2.37. The van der Waals surface area contributed by atoms with E-state index in [1.54, 1.807) is 4.90 Å². The number of rotatable bonds is 5. The van der Waals surface area contributed by atoms with Gasteiger partial charge in [-0.15, -0.1) is 0 Å². The van der Waals surface area contributed by atoms with E-state index in [0.29, 0.717) is 0 Å². The lowest BCUT2D eigenvalue weighted by Crippen LogP contribution is -2.46. The molecule has 1 saturated heterocycles. The van der Waals surface area contributed by atoms with Gasteiger partial charge in [0.2, 0.25) is 5.91 Å². The highest BCUT2D eigenvalue weighted by Gasteiger charge is 2.25. The summed E-state index contributed by atoms with van der Waals surface area (Å²) in [5.74, 6) is 0.819. The second kappa shape index (κ2) is 9.96. The summed E-state index contributed by atoms with van der Waals surface area (Å²) in [6, 6.07) is 0. The third-order valence-electron chi connectivity index (χ3n) is 2.97. The first-order valence-electron chi connectivity index (χ1n) is 7.85. The van der Waals surface area contributed by atoms with E-state index in [1.807, 2.05) is 7.05 Å². The molecule has 0 aromatic carbocycles. The second-order valence-electron chi connectivity index (χ2n) is 7.18. The maximum atomic E-state index is 11.5. The molecule has 0 spiro atoms. The molecule has 1 aliphatic heterocycles. The van der Waals surface area contributed by atoms with Crippen molar-refractivity contribution in [2.24, 2.45) is 11.3 Å². The molecular weight excluding hydrogens is 264 g/mol. The highest BCUT2D eigenvalue weighted by Crippen LogP contribution is 2.19. The number of hydrogen-bond acceptors (Lipinski definition) is 3. The zero-order valence-corrected chi connectivity index (χ0v) is 14.8. The van der Waals surface area contributed by atoms with Gasteiger partial charge in [0.25, 0.3) is 0 Å². The standard InChI is InChI=1S/C13H24N2O2.C4H10/c1-5-12(16)14(4)10-13(2,3)11-15-6-8-17-9-7-15;1-4(2)3/h5H,1,6-11H2,2-4H3;4H,1-3H3. The quantitative estimate of drug-likeness (QED) is 0.732. The van der Waals surface area contributed by atoms with E-state index < -0.39 is 0 Å². The number of carbonyl (C=O) groups excluding carboxylic acids is 1. The molecule has 124 valence electrons. The molecule has 0 bridgehead atoms. The van der Waals surface area contributed by atoms with Crippen molar-refractivity contribution in [2.75, 3.05) is 46.4 Å². The molecule has 1 heterocycles. The molecule has 0 saturated carbocycles. The third-order valence-corrected chi connectivity index (χ3v) is 2.97. The minimum absolute atomic E-state index is 0.0138. The average molecular weight is 298 g/mol. The van der Waals surface area contributed by atoms with Crippen LogP contribution in [0.2, 0.25) is 0 Å². The Balaban J connectivity index is 0.000000885. The number of carbonyl (C=O) groups is 1. The smallest absolute Gasteiger partial charge is 0.245 e. The van der Waals surface area contributed by atoms with Gasteiger partial charge in [0, 0.05) is 33.2 Å². The number of ether oxygens (including phenoxy) is 1. The first-order valence-corrected chi connectivity index (χ1v) is 7.85. The van der Waals surface area contributed by atoms with Crippen LogP contribution in [0.25, 0.3) is 0 Å². The van der Waals surface area contributed by atoms with Crippen LogP contribution in [0, 0.1) is 11.3 Å². The molecule has 4 nitrogen and oxygen atoms in total. The summed E-state index contributed by atoms with van der Waals surface area (Å²) in [6.45, 7) is 19.7. The third kappa shape index (κ3) is 10.5. The summed E-state index contributed by atoms with van der Waals surface area (Å²) >= 11 is 0. The first kappa shape index (κ1) is 20.1. The second-order valence-corrected chi connectivity index (χ2v) is 7.18. The fraction of sp³-hybridized carbons (Fsp3) is 0.824. The number of likely N-dealkylation sites (N-methyl/N-ethyl adjacent to an activating group) is 1. The monoisotopic (exact) mass is 298 g/mol. The molecule has 1 fully saturated rings. The Morgan fingerprint density at radius 2 is 1.81 bits per heavy atom. The lowest BCUT2D eigenvalue weighted by molar-refractivity contribution is -0.126. The summed E-state index contributed by atoms with van der Waals surface area (Å²) in [5, 5.41) is 0. The minimum Gasteiger partial charge on any atom is -0.379 e. The number of hydrogen-bond donors (Lipinski definition) is 0. The van der Waals surface area contributed by atoms with Crippen molar-refractivity contribution in [3.05, 3.63) is 12.7 Å². The van der Waals surface area contributed by atoms with Gasteiger partial charge in [0.05, 0.1) is 13.2 Å². The maximum absolute atomic E-state index is 11.5.